The lowest BCUT2D eigenvalue weighted by atomic mass is 10.1. The van der Waals surface area contributed by atoms with Crippen LogP contribution in [0.25, 0.3) is 22.4 Å². The molecule has 5 rings (SSSR count). The van der Waals surface area contributed by atoms with Crippen LogP contribution in [-0.2, 0) is 20.1 Å². The number of amides is 2. The molecule has 0 unspecified atom stereocenters. The Kier molecular flexibility index (Phi) is 6.21. The summed E-state index contributed by atoms with van der Waals surface area (Å²) >= 11 is 6.25. The van der Waals surface area contributed by atoms with E-state index in [2.05, 4.69) is 25.5 Å². The summed E-state index contributed by atoms with van der Waals surface area (Å²) in [6.45, 7) is 5.14. The lowest BCUT2D eigenvalue weighted by Gasteiger charge is -2.18. The van der Waals surface area contributed by atoms with Gasteiger partial charge in [0.05, 0.1) is 11.7 Å². The minimum atomic E-state index is -0.280. The van der Waals surface area contributed by atoms with Crippen LogP contribution in [-0.4, -0.2) is 59.3 Å². The number of fused-ring (bicyclic) bond motifs is 1. The fourth-order valence-electron chi connectivity index (χ4n) is 4.12. The van der Waals surface area contributed by atoms with Gasteiger partial charge in [-0.25, -0.2) is 9.97 Å². The molecule has 1 aliphatic rings. The number of nitrogens with one attached hydrogen (secondary N) is 1. The SMILES string of the molecule is CCn1ncc(CN(C)C(=O)c2nc(-c3cc(C(=O)NC4CC4)n(C)n3)nc3ccc(Cl)cc23)c1C. The molecule has 186 valence electrons. The maximum absolute atomic E-state index is 13.6. The summed E-state index contributed by atoms with van der Waals surface area (Å²) in [5.41, 5.74) is 3.57. The Hall–Kier alpha value is -3.79. The standard InChI is InChI=1S/C25H27ClN8O2/c1-5-34-14(2)15(12-27-34)13-32(3)25(36)22-18-10-16(26)6-9-19(18)29-23(30-22)20-11-21(33(4)31-20)24(35)28-17-7-8-17/h6,9-12,17H,5,7-8,13H2,1-4H3,(H,28,35). The fourth-order valence-corrected chi connectivity index (χ4v) is 4.29. The molecule has 1 saturated carbocycles. The van der Waals surface area contributed by atoms with Crippen molar-refractivity contribution in [2.45, 2.75) is 45.8 Å². The molecule has 36 heavy (non-hydrogen) atoms. The van der Waals surface area contributed by atoms with Crippen molar-refractivity contribution in [2.24, 2.45) is 7.05 Å². The molecule has 1 aromatic carbocycles. The maximum atomic E-state index is 13.6. The molecule has 1 N–H and O–H groups in total. The Morgan fingerprint density at radius 2 is 2.00 bits per heavy atom. The van der Waals surface area contributed by atoms with Gasteiger partial charge in [-0.1, -0.05) is 11.6 Å². The van der Waals surface area contributed by atoms with Crippen LogP contribution in [0.15, 0.2) is 30.5 Å². The lowest BCUT2D eigenvalue weighted by molar-refractivity contribution is 0.0781. The first kappa shape index (κ1) is 23.9. The van der Waals surface area contributed by atoms with E-state index in [9.17, 15) is 9.59 Å². The van der Waals surface area contributed by atoms with Crippen LogP contribution in [0, 0.1) is 6.92 Å². The second kappa shape index (κ2) is 9.34. The van der Waals surface area contributed by atoms with Crippen molar-refractivity contribution in [3.05, 3.63) is 58.1 Å². The molecule has 3 aromatic heterocycles. The van der Waals surface area contributed by atoms with E-state index in [1.807, 2.05) is 18.5 Å². The Morgan fingerprint density at radius 3 is 2.69 bits per heavy atom. The average Bonchev–Trinajstić information content (AvgIpc) is 3.48. The monoisotopic (exact) mass is 506 g/mol. The average molecular weight is 507 g/mol. The number of aryl methyl sites for hydroxylation is 2. The zero-order valence-corrected chi connectivity index (χ0v) is 21.4. The predicted molar refractivity (Wildman–Crippen MR) is 136 cm³/mol. The number of halogens is 1. The van der Waals surface area contributed by atoms with Crippen LogP contribution in [0.3, 0.4) is 0 Å². The van der Waals surface area contributed by atoms with Crippen molar-refractivity contribution in [3.63, 3.8) is 0 Å². The first-order valence-electron chi connectivity index (χ1n) is 11.8. The summed E-state index contributed by atoms with van der Waals surface area (Å²) < 4.78 is 3.40. The van der Waals surface area contributed by atoms with E-state index in [4.69, 9.17) is 11.6 Å². The van der Waals surface area contributed by atoms with E-state index >= 15 is 0 Å². The Balaban J connectivity index is 1.52. The highest BCUT2D eigenvalue weighted by Crippen LogP contribution is 2.26. The zero-order chi connectivity index (χ0) is 25.6. The zero-order valence-electron chi connectivity index (χ0n) is 20.6. The largest absolute Gasteiger partial charge is 0.348 e. The molecule has 3 heterocycles. The molecule has 10 nitrogen and oxygen atoms in total. The van der Waals surface area contributed by atoms with Gasteiger partial charge in [-0.3, -0.25) is 19.0 Å². The molecule has 2 amide bonds. The molecular formula is C25H27ClN8O2. The normalized spacial score (nSPS) is 13.2. The van der Waals surface area contributed by atoms with Crippen molar-refractivity contribution < 1.29 is 9.59 Å². The number of carbonyl (C=O) groups excluding carboxylic acids is 2. The first-order chi connectivity index (χ1) is 17.2. The fraction of sp³-hybridized carbons (Fsp3) is 0.360. The van der Waals surface area contributed by atoms with Gasteiger partial charge in [0.1, 0.15) is 17.1 Å². The number of aromatic nitrogens is 6. The second-order valence-corrected chi connectivity index (χ2v) is 9.51. The van der Waals surface area contributed by atoms with Crippen molar-refractivity contribution in [3.8, 4) is 11.5 Å². The van der Waals surface area contributed by atoms with Gasteiger partial charge in [-0.15, -0.1) is 0 Å². The van der Waals surface area contributed by atoms with E-state index in [-0.39, 0.29) is 29.4 Å². The molecule has 11 heteroatoms. The number of hydrogen-bond donors (Lipinski definition) is 1. The van der Waals surface area contributed by atoms with Crippen LogP contribution in [0.5, 0.6) is 0 Å². The molecule has 0 radical (unpaired) electrons. The van der Waals surface area contributed by atoms with Gasteiger partial charge in [0.25, 0.3) is 11.8 Å². The van der Waals surface area contributed by atoms with E-state index in [0.29, 0.717) is 33.9 Å². The number of nitrogens with zero attached hydrogens (tertiary/aromatic N) is 7. The minimum Gasteiger partial charge on any atom is -0.348 e. The van der Waals surface area contributed by atoms with E-state index in [1.54, 1.807) is 49.5 Å². The quantitative estimate of drug-likeness (QED) is 0.411. The Bertz CT molecular complexity index is 1490. The van der Waals surface area contributed by atoms with Gasteiger partial charge in [-0.05, 0) is 44.9 Å². The number of benzene rings is 1. The van der Waals surface area contributed by atoms with E-state index in [0.717, 1.165) is 30.6 Å². The van der Waals surface area contributed by atoms with Crippen molar-refractivity contribution in [2.75, 3.05) is 7.05 Å². The molecule has 4 aromatic rings. The van der Waals surface area contributed by atoms with E-state index < -0.39 is 0 Å². The van der Waals surface area contributed by atoms with Crippen molar-refractivity contribution >= 4 is 34.3 Å². The topological polar surface area (TPSA) is 111 Å². The summed E-state index contributed by atoms with van der Waals surface area (Å²) in [5.74, 6) is -0.208. The van der Waals surface area contributed by atoms with Crippen molar-refractivity contribution in [1.29, 1.82) is 0 Å². The number of carbonyl (C=O) groups is 2. The molecule has 1 fully saturated rings. The molecule has 0 aliphatic heterocycles. The van der Waals surface area contributed by atoms with Gasteiger partial charge < -0.3 is 10.2 Å². The third-order valence-corrected chi connectivity index (χ3v) is 6.61. The molecule has 0 spiro atoms. The first-order valence-corrected chi connectivity index (χ1v) is 12.2. The van der Waals surface area contributed by atoms with Gasteiger partial charge in [-0.2, -0.15) is 10.2 Å². The summed E-state index contributed by atoms with van der Waals surface area (Å²) in [5, 5.41) is 12.8. The summed E-state index contributed by atoms with van der Waals surface area (Å²) in [7, 11) is 3.43. The number of hydrogen-bond acceptors (Lipinski definition) is 6. The van der Waals surface area contributed by atoms with Crippen molar-refractivity contribution in [1.82, 2.24) is 39.7 Å². The van der Waals surface area contributed by atoms with Gasteiger partial charge in [0, 0.05) is 61.0 Å². The summed E-state index contributed by atoms with van der Waals surface area (Å²) in [4.78, 5) is 37.1. The number of rotatable bonds is 7. The third kappa shape index (κ3) is 4.56. The molecule has 0 bridgehead atoms. The highest BCUT2D eigenvalue weighted by molar-refractivity contribution is 6.31. The molecule has 0 atom stereocenters. The van der Waals surface area contributed by atoms with Crippen LogP contribution in [0.1, 0.15) is 52.0 Å². The highest BCUT2D eigenvalue weighted by atomic mass is 35.5. The smallest absolute Gasteiger partial charge is 0.273 e. The van der Waals surface area contributed by atoms with Crippen LogP contribution < -0.4 is 5.32 Å². The van der Waals surface area contributed by atoms with Gasteiger partial charge in [0.15, 0.2) is 5.82 Å². The van der Waals surface area contributed by atoms with Crippen LogP contribution in [0.4, 0.5) is 0 Å². The Labute approximate surface area is 213 Å². The molecule has 1 aliphatic carbocycles. The summed E-state index contributed by atoms with van der Waals surface area (Å²) in [6.07, 6.45) is 3.76. The summed E-state index contributed by atoms with van der Waals surface area (Å²) in [6, 6.07) is 7.03. The Morgan fingerprint density at radius 1 is 1.22 bits per heavy atom. The minimum absolute atomic E-state index is 0.189. The highest BCUT2D eigenvalue weighted by Gasteiger charge is 2.27. The third-order valence-electron chi connectivity index (χ3n) is 6.37. The van der Waals surface area contributed by atoms with Crippen LogP contribution in [0.2, 0.25) is 5.02 Å². The predicted octanol–water partition coefficient (Wildman–Crippen LogP) is 3.37. The maximum Gasteiger partial charge on any atom is 0.273 e. The molecule has 0 saturated heterocycles. The van der Waals surface area contributed by atoms with Gasteiger partial charge >= 0.3 is 0 Å². The second-order valence-electron chi connectivity index (χ2n) is 9.08. The molecular weight excluding hydrogens is 480 g/mol. The van der Waals surface area contributed by atoms with Gasteiger partial charge in [0.2, 0.25) is 0 Å². The lowest BCUT2D eigenvalue weighted by Crippen LogP contribution is -2.28. The van der Waals surface area contributed by atoms with Crippen LogP contribution >= 0.6 is 11.6 Å². The van der Waals surface area contributed by atoms with E-state index in [1.165, 1.54) is 4.68 Å².